The summed E-state index contributed by atoms with van der Waals surface area (Å²) in [6, 6.07) is -0.425. The van der Waals surface area contributed by atoms with Crippen LogP contribution in [0, 0.1) is 0 Å². The Morgan fingerprint density at radius 2 is 1.73 bits per heavy atom. The zero-order valence-corrected chi connectivity index (χ0v) is 15.2. The van der Waals surface area contributed by atoms with Crippen LogP contribution in [0.25, 0.3) is 0 Å². The van der Waals surface area contributed by atoms with E-state index in [1.54, 1.807) is 41.5 Å². The summed E-state index contributed by atoms with van der Waals surface area (Å²) in [4.78, 5) is 13.6. The Hall–Kier alpha value is -0.860. The lowest BCUT2D eigenvalue weighted by Crippen LogP contribution is -2.61. The number of hydrogen-bond acceptors (Lipinski definition) is 5. The maximum atomic E-state index is 12.6. The molecule has 0 saturated carbocycles. The summed E-state index contributed by atoms with van der Waals surface area (Å²) in [5.41, 5.74) is 5.16. The highest BCUT2D eigenvalue weighted by Gasteiger charge is 2.42. The molecular formula is C14H29N3O4S. The number of ether oxygens (including phenoxy) is 1. The number of nitrogens with zero attached hydrogens (tertiary/aromatic N) is 2. The lowest BCUT2D eigenvalue weighted by molar-refractivity contribution is 0.0136. The second-order valence-corrected chi connectivity index (χ2v) is 10.2. The van der Waals surface area contributed by atoms with Crippen molar-refractivity contribution in [2.45, 2.75) is 57.9 Å². The van der Waals surface area contributed by atoms with E-state index >= 15 is 0 Å². The van der Waals surface area contributed by atoms with Crippen molar-refractivity contribution in [2.75, 3.05) is 26.2 Å². The van der Waals surface area contributed by atoms with E-state index in [-0.39, 0.29) is 19.6 Å². The molecule has 0 aromatic rings. The minimum atomic E-state index is -3.47. The van der Waals surface area contributed by atoms with Crippen molar-refractivity contribution in [3.8, 4) is 0 Å². The van der Waals surface area contributed by atoms with Gasteiger partial charge in [-0.25, -0.2) is 13.2 Å². The van der Waals surface area contributed by atoms with Gasteiger partial charge in [0.05, 0.1) is 10.8 Å². The molecule has 1 rings (SSSR count). The van der Waals surface area contributed by atoms with Gasteiger partial charge in [0.25, 0.3) is 0 Å². The normalized spacial score (nSPS) is 21.8. The highest BCUT2D eigenvalue weighted by molar-refractivity contribution is 7.90. The highest BCUT2D eigenvalue weighted by atomic mass is 32.2. The molecule has 1 aliphatic heterocycles. The Kier molecular flexibility index (Phi) is 5.52. The van der Waals surface area contributed by atoms with Crippen molar-refractivity contribution < 1.29 is 17.9 Å². The first-order chi connectivity index (χ1) is 9.79. The van der Waals surface area contributed by atoms with Gasteiger partial charge in [0.2, 0.25) is 10.0 Å². The minimum Gasteiger partial charge on any atom is -0.444 e. The Morgan fingerprint density at radius 1 is 1.18 bits per heavy atom. The molecule has 1 fully saturated rings. The SMILES string of the molecule is CC(C)(C)OC(=O)N1CCN(S(=O)(=O)C(C)(C)C)C(CN)C1. The maximum absolute atomic E-state index is 12.6. The molecule has 0 radical (unpaired) electrons. The zero-order valence-electron chi connectivity index (χ0n) is 14.4. The number of nitrogens with two attached hydrogens (primary N) is 1. The molecule has 22 heavy (non-hydrogen) atoms. The topological polar surface area (TPSA) is 92.9 Å². The van der Waals surface area contributed by atoms with Crippen LogP contribution < -0.4 is 5.73 Å². The van der Waals surface area contributed by atoms with Crippen LogP contribution in [0.5, 0.6) is 0 Å². The van der Waals surface area contributed by atoms with Crippen molar-refractivity contribution >= 4 is 16.1 Å². The quantitative estimate of drug-likeness (QED) is 0.812. The minimum absolute atomic E-state index is 0.161. The molecule has 130 valence electrons. The Labute approximate surface area is 133 Å². The highest BCUT2D eigenvalue weighted by Crippen LogP contribution is 2.25. The van der Waals surface area contributed by atoms with Crippen LogP contribution in [-0.2, 0) is 14.8 Å². The van der Waals surface area contributed by atoms with Crippen molar-refractivity contribution in [1.29, 1.82) is 0 Å². The first-order valence-corrected chi connectivity index (χ1v) is 8.93. The third-order valence-corrected chi connectivity index (χ3v) is 6.08. The lowest BCUT2D eigenvalue weighted by Gasteiger charge is -2.42. The second kappa shape index (κ2) is 6.33. The van der Waals surface area contributed by atoms with E-state index in [4.69, 9.17) is 10.5 Å². The standard InChI is InChI=1S/C14H29N3O4S/c1-13(2,3)21-12(18)16-7-8-17(11(9-15)10-16)22(19,20)14(4,5)6/h11H,7-10,15H2,1-6H3. The van der Waals surface area contributed by atoms with E-state index in [0.717, 1.165) is 0 Å². The summed E-state index contributed by atoms with van der Waals surface area (Å²) in [5.74, 6) is 0. The fraction of sp³-hybridized carbons (Fsp3) is 0.929. The van der Waals surface area contributed by atoms with Gasteiger partial charge in [0.15, 0.2) is 0 Å². The van der Waals surface area contributed by atoms with Crippen LogP contribution in [-0.4, -0.2) is 66.3 Å². The van der Waals surface area contributed by atoms with E-state index in [9.17, 15) is 13.2 Å². The molecule has 1 amide bonds. The molecule has 1 unspecified atom stereocenters. The average Bonchev–Trinajstić information content (AvgIpc) is 2.34. The van der Waals surface area contributed by atoms with Crippen molar-refractivity contribution in [3.63, 3.8) is 0 Å². The summed E-state index contributed by atoms with van der Waals surface area (Å²) in [6.07, 6.45) is -0.432. The van der Waals surface area contributed by atoms with Crippen LogP contribution in [0.3, 0.4) is 0 Å². The molecule has 7 nitrogen and oxygen atoms in total. The number of carbonyl (C=O) groups is 1. The van der Waals surface area contributed by atoms with Gasteiger partial charge < -0.3 is 15.4 Å². The predicted octanol–water partition coefficient (Wildman–Crippen LogP) is 0.995. The first kappa shape index (κ1) is 19.2. The molecule has 0 aromatic heterocycles. The predicted molar refractivity (Wildman–Crippen MR) is 86.0 cm³/mol. The van der Waals surface area contributed by atoms with Gasteiger partial charge in [-0.15, -0.1) is 0 Å². The number of amides is 1. The summed E-state index contributed by atoms with van der Waals surface area (Å²) in [7, 11) is -3.47. The molecule has 1 aliphatic rings. The summed E-state index contributed by atoms with van der Waals surface area (Å²) >= 11 is 0. The van der Waals surface area contributed by atoms with Crippen molar-refractivity contribution in [1.82, 2.24) is 9.21 Å². The fourth-order valence-corrected chi connectivity index (χ4v) is 3.76. The van der Waals surface area contributed by atoms with Crippen LogP contribution in [0.1, 0.15) is 41.5 Å². The lowest BCUT2D eigenvalue weighted by atomic mass is 10.2. The van der Waals surface area contributed by atoms with Crippen LogP contribution in [0.15, 0.2) is 0 Å². The van der Waals surface area contributed by atoms with Gasteiger partial charge >= 0.3 is 6.09 Å². The van der Waals surface area contributed by atoms with Gasteiger partial charge in [-0.1, -0.05) is 0 Å². The number of piperazine rings is 1. The van der Waals surface area contributed by atoms with Crippen LogP contribution in [0.4, 0.5) is 4.79 Å². The molecule has 0 aromatic carbocycles. The van der Waals surface area contributed by atoms with E-state index in [1.807, 2.05) is 0 Å². The van der Waals surface area contributed by atoms with Gasteiger partial charge in [-0.2, -0.15) is 4.31 Å². The number of hydrogen-bond donors (Lipinski definition) is 1. The smallest absolute Gasteiger partial charge is 0.410 e. The Balaban J connectivity index is 2.88. The number of carbonyl (C=O) groups excluding carboxylic acids is 1. The molecule has 1 atom stereocenters. The monoisotopic (exact) mass is 335 g/mol. The van der Waals surface area contributed by atoms with E-state index in [2.05, 4.69) is 0 Å². The Morgan fingerprint density at radius 3 is 2.14 bits per heavy atom. The second-order valence-electron chi connectivity index (χ2n) is 7.54. The van der Waals surface area contributed by atoms with E-state index in [0.29, 0.717) is 6.54 Å². The summed E-state index contributed by atoms with van der Waals surface area (Å²) in [5, 5.41) is 0. The average molecular weight is 335 g/mol. The molecule has 0 bridgehead atoms. The molecule has 0 spiro atoms. The van der Waals surface area contributed by atoms with Gasteiger partial charge in [-0.3, -0.25) is 0 Å². The zero-order chi connectivity index (χ0) is 17.3. The van der Waals surface area contributed by atoms with Gasteiger partial charge in [0.1, 0.15) is 5.60 Å². The van der Waals surface area contributed by atoms with Gasteiger partial charge in [-0.05, 0) is 41.5 Å². The van der Waals surface area contributed by atoms with E-state index < -0.39 is 32.5 Å². The van der Waals surface area contributed by atoms with Crippen LogP contribution >= 0.6 is 0 Å². The number of sulfonamides is 1. The Bertz CT molecular complexity index is 505. The third-order valence-electron chi connectivity index (χ3n) is 3.44. The molecule has 8 heteroatoms. The first-order valence-electron chi connectivity index (χ1n) is 7.49. The largest absolute Gasteiger partial charge is 0.444 e. The van der Waals surface area contributed by atoms with Crippen molar-refractivity contribution in [3.05, 3.63) is 0 Å². The third kappa shape index (κ3) is 4.33. The fourth-order valence-electron chi connectivity index (χ4n) is 2.19. The van der Waals surface area contributed by atoms with Gasteiger partial charge in [0, 0.05) is 26.2 Å². The molecule has 0 aliphatic carbocycles. The summed E-state index contributed by atoms with van der Waals surface area (Å²) < 4.78 is 31.1. The maximum Gasteiger partial charge on any atom is 0.410 e. The van der Waals surface area contributed by atoms with Crippen molar-refractivity contribution in [2.24, 2.45) is 5.73 Å². The van der Waals surface area contributed by atoms with E-state index in [1.165, 1.54) is 9.21 Å². The molecule has 1 saturated heterocycles. The number of rotatable bonds is 2. The molecule has 1 heterocycles. The van der Waals surface area contributed by atoms with Crippen LogP contribution in [0.2, 0.25) is 0 Å². The molecule has 2 N–H and O–H groups in total. The molecular weight excluding hydrogens is 306 g/mol. The summed E-state index contributed by atoms with van der Waals surface area (Å²) in [6.45, 7) is 11.3.